The van der Waals surface area contributed by atoms with Crippen molar-refractivity contribution in [2.24, 2.45) is 0 Å². The number of rotatable bonds is 7. The molecule has 0 fully saturated rings. The second kappa shape index (κ2) is 9.16. The summed E-state index contributed by atoms with van der Waals surface area (Å²) in [6.45, 7) is 0.803. The predicted octanol–water partition coefficient (Wildman–Crippen LogP) is 5.32. The van der Waals surface area contributed by atoms with Crippen molar-refractivity contribution >= 4 is 11.9 Å². The molecule has 0 aliphatic heterocycles. The Hall–Kier alpha value is -3.17. The Bertz CT molecular complexity index is 975. The molecule has 0 amide bonds. The average molecular weight is 371 g/mol. The first kappa shape index (κ1) is 19.6. The maximum absolute atomic E-state index is 12.7. The lowest BCUT2D eigenvalue weighted by molar-refractivity contribution is 0.104. The number of nitrogens with zero attached hydrogens (tertiary/aromatic N) is 1. The molecule has 0 aliphatic rings. The zero-order valence-corrected chi connectivity index (χ0v) is 16.6. The van der Waals surface area contributed by atoms with Gasteiger partial charge in [0.1, 0.15) is 5.75 Å². The van der Waals surface area contributed by atoms with Gasteiger partial charge < -0.3 is 9.64 Å². The van der Waals surface area contributed by atoms with Gasteiger partial charge in [0.15, 0.2) is 5.78 Å². The Labute approximate surface area is 166 Å². The molecule has 0 saturated heterocycles. The van der Waals surface area contributed by atoms with Crippen LogP contribution in [0.5, 0.6) is 5.75 Å². The van der Waals surface area contributed by atoms with Crippen molar-refractivity contribution in [2.45, 2.75) is 6.54 Å². The van der Waals surface area contributed by atoms with Gasteiger partial charge in [-0.15, -0.1) is 0 Å². The van der Waals surface area contributed by atoms with E-state index in [2.05, 4.69) is 17.0 Å². The quantitative estimate of drug-likeness (QED) is 0.416. The van der Waals surface area contributed by atoms with E-state index in [0.717, 1.165) is 34.5 Å². The molecule has 3 aromatic rings. The lowest BCUT2D eigenvalue weighted by Crippen LogP contribution is -2.11. The largest absolute Gasteiger partial charge is 0.496 e. The summed E-state index contributed by atoms with van der Waals surface area (Å²) >= 11 is 0. The molecule has 0 saturated carbocycles. The normalized spacial score (nSPS) is 11.1. The molecule has 3 rings (SSSR count). The SMILES string of the molecule is COc1ccc(-c2ccccc2)cc1C=CC(=O)c1cccc(CN(C)C)c1. The maximum atomic E-state index is 12.7. The van der Waals surface area contributed by atoms with Crippen LogP contribution in [0.15, 0.2) is 78.9 Å². The van der Waals surface area contributed by atoms with Gasteiger partial charge in [0.05, 0.1) is 7.11 Å². The predicted molar refractivity (Wildman–Crippen MR) is 116 cm³/mol. The topological polar surface area (TPSA) is 29.5 Å². The van der Waals surface area contributed by atoms with E-state index in [9.17, 15) is 4.79 Å². The molecule has 0 aliphatic carbocycles. The van der Waals surface area contributed by atoms with Crippen LogP contribution in [0.1, 0.15) is 21.5 Å². The van der Waals surface area contributed by atoms with Crippen LogP contribution in [0.2, 0.25) is 0 Å². The highest BCUT2D eigenvalue weighted by molar-refractivity contribution is 6.07. The Balaban J connectivity index is 1.86. The summed E-state index contributed by atoms with van der Waals surface area (Å²) < 4.78 is 5.47. The molecule has 0 unspecified atom stereocenters. The second-order valence-corrected chi connectivity index (χ2v) is 6.96. The van der Waals surface area contributed by atoms with Gasteiger partial charge in [-0.05, 0) is 61.1 Å². The second-order valence-electron chi connectivity index (χ2n) is 6.96. The van der Waals surface area contributed by atoms with E-state index in [1.165, 1.54) is 0 Å². The number of carbonyl (C=O) groups excluding carboxylic acids is 1. The van der Waals surface area contributed by atoms with E-state index in [4.69, 9.17) is 4.74 Å². The molecule has 3 nitrogen and oxygen atoms in total. The van der Waals surface area contributed by atoms with Gasteiger partial charge in [-0.25, -0.2) is 0 Å². The summed E-state index contributed by atoms with van der Waals surface area (Å²) in [4.78, 5) is 14.8. The van der Waals surface area contributed by atoms with Crippen LogP contribution in [0, 0.1) is 0 Å². The van der Waals surface area contributed by atoms with Crippen LogP contribution < -0.4 is 4.74 Å². The summed E-state index contributed by atoms with van der Waals surface area (Å²) in [6, 6.07) is 23.9. The molecule has 0 heterocycles. The van der Waals surface area contributed by atoms with Gasteiger partial charge in [-0.1, -0.05) is 54.6 Å². The molecular formula is C25H25NO2. The van der Waals surface area contributed by atoms with Crippen molar-refractivity contribution in [3.63, 3.8) is 0 Å². The van der Waals surface area contributed by atoms with Crippen molar-refractivity contribution in [1.29, 1.82) is 0 Å². The summed E-state index contributed by atoms with van der Waals surface area (Å²) in [5.74, 6) is 0.720. The minimum absolute atomic E-state index is 0.0206. The van der Waals surface area contributed by atoms with Gasteiger partial charge >= 0.3 is 0 Å². The van der Waals surface area contributed by atoms with E-state index in [-0.39, 0.29) is 5.78 Å². The zero-order chi connectivity index (χ0) is 19.9. The number of hydrogen-bond acceptors (Lipinski definition) is 3. The number of methoxy groups -OCH3 is 1. The van der Waals surface area contributed by atoms with Crippen molar-refractivity contribution in [3.05, 3.63) is 95.6 Å². The van der Waals surface area contributed by atoms with Crippen molar-refractivity contribution in [1.82, 2.24) is 4.90 Å². The van der Waals surface area contributed by atoms with Gasteiger partial charge in [0.2, 0.25) is 0 Å². The van der Waals surface area contributed by atoms with Gasteiger partial charge in [0, 0.05) is 17.7 Å². The van der Waals surface area contributed by atoms with Gasteiger partial charge in [0.25, 0.3) is 0 Å². The minimum atomic E-state index is -0.0206. The van der Waals surface area contributed by atoms with Crippen molar-refractivity contribution in [2.75, 3.05) is 21.2 Å². The number of ether oxygens (including phenoxy) is 1. The Morgan fingerprint density at radius 2 is 1.71 bits per heavy atom. The minimum Gasteiger partial charge on any atom is -0.496 e. The Morgan fingerprint density at radius 1 is 0.929 bits per heavy atom. The molecule has 142 valence electrons. The standard InChI is InChI=1S/C25H25NO2/c1-26(2)18-19-8-7-11-22(16-19)24(27)14-12-23-17-21(13-15-25(23)28-3)20-9-5-4-6-10-20/h4-17H,18H2,1-3H3. The van der Waals surface area contributed by atoms with E-state index >= 15 is 0 Å². The number of hydrogen-bond donors (Lipinski definition) is 0. The fourth-order valence-corrected chi connectivity index (χ4v) is 3.12. The monoisotopic (exact) mass is 371 g/mol. The summed E-state index contributed by atoms with van der Waals surface area (Å²) in [5, 5.41) is 0. The fraction of sp³-hybridized carbons (Fsp3) is 0.160. The van der Waals surface area contributed by atoms with Crippen LogP contribution in [-0.4, -0.2) is 31.9 Å². The van der Waals surface area contributed by atoms with E-state index in [0.29, 0.717) is 5.56 Å². The highest BCUT2D eigenvalue weighted by atomic mass is 16.5. The molecule has 0 bridgehead atoms. The van der Waals surface area contributed by atoms with E-state index in [1.807, 2.05) is 80.8 Å². The van der Waals surface area contributed by atoms with Crippen LogP contribution in [-0.2, 0) is 6.54 Å². The number of allylic oxidation sites excluding steroid dienone is 1. The molecule has 0 radical (unpaired) electrons. The van der Waals surface area contributed by atoms with Crippen LogP contribution in [0.3, 0.4) is 0 Å². The first-order valence-electron chi connectivity index (χ1n) is 9.26. The van der Waals surface area contributed by atoms with E-state index < -0.39 is 0 Å². The third kappa shape index (κ3) is 4.96. The molecule has 28 heavy (non-hydrogen) atoms. The molecule has 0 spiro atoms. The molecule has 0 atom stereocenters. The fourth-order valence-electron chi connectivity index (χ4n) is 3.12. The third-order valence-corrected chi connectivity index (χ3v) is 4.46. The first-order valence-corrected chi connectivity index (χ1v) is 9.26. The van der Waals surface area contributed by atoms with Crippen molar-refractivity contribution in [3.8, 4) is 16.9 Å². The number of ketones is 1. The highest BCUT2D eigenvalue weighted by Crippen LogP contribution is 2.27. The summed E-state index contributed by atoms with van der Waals surface area (Å²) in [6.07, 6.45) is 3.44. The lowest BCUT2D eigenvalue weighted by Gasteiger charge is -2.10. The molecule has 3 heteroatoms. The smallest absolute Gasteiger partial charge is 0.185 e. The molecule has 0 N–H and O–H groups in total. The number of carbonyl (C=O) groups is 1. The van der Waals surface area contributed by atoms with E-state index in [1.54, 1.807) is 13.2 Å². The molecule has 0 aromatic heterocycles. The Morgan fingerprint density at radius 3 is 2.43 bits per heavy atom. The summed E-state index contributed by atoms with van der Waals surface area (Å²) in [7, 11) is 5.67. The average Bonchev–Trinajstić information content (AvgIpc) is 2.72. The molecular weight excluding hydrogens is 346 g/mol. The van der Waals surface area contributed by atoms with Crippen LogP contribution >= 0.6 is 0 Å². The first-order chi connectivity index (χ1) is 13.6. The lowest BCUT2D eigenvalue weighted by atomic mass is 10.0. The van der Waals surface area contributed by atoms with Crippen molar-refractivity contribution < 1.29 is 9.53 Å². The van der Waals surface area contributed by atoms with Crippen LogP contribution in [0.25, 0.3) is 17.2 Å². The van der Waals surface area contributed by atoms with Gasteiger partial charge in [-0.2, -0.15) is 0 Å². The third-order valence-electron chi connectivity index (χ3n) is 4.46. The summed E-state index contributed by atoms with van der Waals surface area (Å²) in [5.41, 5.74) is 4.90. The Kier molecular flexibility index (Phi) is 6.41. The van der Waals surface area contributed by atoms with Crippen LogP contribution in [0.4, 0.5) is 0 Å². The molecule has 3 aromatic carbocycles. The zero-order valence-electron chi connectivity index (χ0n) is 16.6. The van der Waals surface area contributed by atoms with Gasteiger partial charge in [-0.3, -0.25) is 4.79 Å². The highest BCUT2D eigenvalue weighted by Gasteiger charge is 2.07. The maximum Gasteiger partial charge on any atom is 0.185 e. The number of benzene rings is 3.